The maximum atomic E-state index is 12.6. The van der Waals surface area contributed by atoms with Crippen molar-refractivity contribution in [2.45, 2.75) is 17.7 Å². The number of nitrogens with one attached hydrogen (secondary N) is 1. The number of ether oxygens (including phenoxy) is 2. The summed E-state index contributed by atoms with van der Waals surface area (Å²) >= 11 is 6.03. The summed E-state index contributed by atoms with van der Waals surface area (Å²) in [4.78, 5) is 23.0. The van der Waals surface area contributed by atoms with Crippen LogP contribution in [0.5, 0.6) is 0 Å². The van der Waals surface area contributed by atoms with Crippen LogP contribution in [0.4, 0.5) is 5.69 Å². The summed E-state index contributed by atoms with van der Waals surface area (Å²) in [6.07, 6.45) is -0.171. The van der Waals surface area contributed by atoms with Gasteiger partial charge in [-0.3, -0.25) is 9.59 Å². The molecular formula is C15H19ClN2O6S. The summed E-state index contributed by atoms with van der Waals surface area (Å²) < 4.78 is 36.2. The van der Waals surface area contributed by atoms with Gasteiger partial charge in [-0.25, -0.2) is 8.42 Å². The van der Waals surface area contributed by atoms with Crippen LogP contribution in [0.25, 0.3) is 0 Å². The van der Waals surface area contributed by atoms with Crippen molar-refractivity contribution in [1.29, 1.82) is 0 Å². The number of morpholine rings is 1. The summed E-state index contributed by atoms with van der Waals surface area (Å²) in [5, 5.41) is 2.72. The van der Waals surface area contributed by atoms with Crippen molar-refractivity contribution in [3.05, 3.63) is 23.2 Å². The molecule has 0 aliphatic carbocycles. The summed E-state index contributed by atoms with van der Waals surface area (Å²) in [7, 11) is -2.46. The van der Waals surface area contributed by atoms with E-state index in [1.807, 2.05) is 0 Å². The molecule has 1 aliphatic rings. The van der Waals surface area contributed by atoms with E-state index in [0.29, 0.717) is 13.2 Å². The lowest BCUT2D eigenvalue weighted by atomic mass is 10.2. The SMILES string of the molecule is COC(=O)CCC(=O)Nc1cc(S(=O)(=O)N2CCOCC2)ccc1Cl. The van der Waals surface area contributed by atoms with Crippen LogP contribution < -0.4 is 5.32 Å². The number of carbonyl (C=O) groups excluding carboxylic acids is 2. The highest BCUT2D eigenvalue weighted by Gasteiger charge is 2.27. The van der Waals surface area contributed by atoms with Crippen LogP contribution >= 0.6 is 11.6 Å². The number of rotatable bonds is 6. The van der Waals surface area contributed by atoms with Gasteiger partial charge in [0.1, 0.15) is 0 Å². The van der Waals surface area contributed by atoms with Crippen molar-refractivity contribution in [2.75, 3.05) is 38.7 Å². The minimum atomic E-state index is -3.70. The lowest BCUT2D eigenvalue weighted by Gasteiger charge is -2.26. The summed E-state index contributed by atoms with van der Waals surface area (Å²) in [6, 6.07) is 4.10. The first-order chi connectivity index (χ1) is 11.8. The Morgan fingerprint density at radius 2 is 1.96 bits per heavy atom. The molecule has 2 rings (SSSR count). The van der Waals surface area contributed by atoms with Crippen LogP contribution in [0.2, 0.25) is 5.02 Å². The van der Waals surface area contributed by atoms with E-state index in [4.69, 9.17) is 16.3 Å². The molecule has 10 heteroatoms. The quantitative estimate of drug-likeness (QED) is 0.733. The number of halogens is 1. The van der Waals surface area contributed by atoms with Crippen molar-refractivity contribution in [1.82, 2.24) is 4.31 Å². The minimum Gasteiger partial charge on any atom is -0.469 e. The van der Waals surface area contributed by atoms with Gasteiger partial charge in [0, 0.05) is 19.5 Å². The fraction of sp³-hybridized carbons (Fsp3) is 0.467. The third-order valence-corrected chi connectivity index (χ3v) is 5.83. The van der Waals surface area contributed by atoms with E-state index in [-0.39, 0.29) is 41.5 Å². The third-order valence-electron chi connectivity index (χ3n) is 3.60. The Balaban J connectivity index is 2.14. The van der Waals surface area contributed by atoms with Gasteiger partial charge in [0.05, 0.1) is 42.3 Å². The van der Waals surface area contributed by atoms with Crippen LogP contribution in [0.3, 0.4) is 0 Å². The molecule has 0 bridgehead atoms. The molecule has 8 nitrogen and oxygen atoms in total. The van der Waals surface area contributed by atoms with Crippen molar-refractivity contribution in [3.63, 3.8) is 0 Å². The summed E-state index contributed by atoms with van der Waals surface area (Å²) in [6.45, 7) is 1.21. The second kappa shape index (κ2) is 8.61. The Labute approximate surface area is 151 Å². The van der Waals surface area contributed by atoms with Gasteiger partial charge in [-0.2, -0.15) is 4.31 Å². The number of benzene rings is 1. The van der Waals surface area contributed by atoms with Gasteiger partial charge in [-0.15, -0.1) is 0 Å². The standard InChI is InChI=1S/C15H19ClN2O6S/c1-23-15(20)5-4-14(19)17-13-10-11(2-3-12(13)16)25(21,22)18-6-8-24-9-7-18/h2-3,10H,4-9H2,1H3,(H,17,19). The molecule has 1 fully saturated rings. The molecule has 0 aromatic heterocycles. The van der Waals surface area contributed by atoms with Crippen LogP contribution in [0, 0.1) is 0 Å². The first kappa shape index (κ1) is 19.6. The maximum Gasteiger partial charge on any atom is 0.306 e. The Hall–Kier alpha value is -1.68. The average molecular weight is 391 g/mol. The number of methoxy groups -OCH3 is 1. The molecule has 1 saturated heterocycles. The number of hydrogen-bond donors (Lipinski definition) is 1. The van der Waals surface area contributed by atoms with Gasteiger partial charge in [0.2, 0.25) is 15.9 Å². The van der Waals surface area contributed by atoms with Crippen molar-refractivity contribution in [2.24, 2.45) is 0 Å². The Morgan fingerprint density at radius 1 is 1.28 bits per heavy atom. The van der Waals surface area contributed by atoms with Crippen molar-refractivity contribution in [3.8, 4) is 0 Å². The highest BCUT2D eigenvalue weighted by atomic mass is 35.5. The molecule has 0 radical (unpaired) electrons. The predicted molar refractivity (Wildman–Crippen MR) is 90.9 cm³/mol. The van der Waals surface area contributed by atoms with Crippen LogP contribution in [-0.4, -0.2) is 58.0 Å². The molecule has 1 N–H and O–H groups in total. The molecule has 1 aliphatic heterocycles. The monoisotopic (exact) mass is 390 g/mol. The predicted octanol–water partition coefficient (Wildman–Crippen LogP) is 1.25. The van der Waals surface area contributed by atoms with Gasteiger partial charge in [-0.05, 0) is 18.2 Å². The van der Waals surface area contributed by atoms with E-state index in [2.05, 4.69) is 10.1 Å². The van der Waals surface area contributed by atoms with Crippen LogP contribution in [0.15, 0.2) is 23.1 Å². The van der Waals surface area contributed by atoms with E-state index < -0.39 is 21.9 Å². The minimum absolute atomic E-state index is 0.0297. The lowest BCUT2D eigenvalue weighted by Crippen LogP contribution is -2.40. The second-order valence-electron chi connectivity index (χ2n) is 5.28. The highest BCUT2D eigenvalue weighted by Crippen LogP contribution is 2.27. The van der Waals surface area contributed by atoms with Gasteiger partial charge < -0.3 is 14.8 Å². The molecular weight excluding hydrogens is 372 g/mol. The fourth-order valence-electron chi connectivity index (χ4n) is 2.23. The van der Waals surface area contributed by atoms with Gasteiger partial charge in [0.25, 0.3) is 0 Å². The third kappa shape index (κ3) is 5.15. The van der Waals surface area contributed by atoms with Gasteiger partial charge in [0.15, 0.2) is 0 Å². The largest absolute Gasteiger partial charge is 0.469 e. The normalized spacial score (nSPS) is 15.6. The van der Waals surface area contributed by atoms with E-state index in [1.54, 1.807) is 0 Å². The zero-order valence-corrected chi connectivity index (χ0v) is 15.2. The fourth-order valence-corrected chi connectivity index (χ4v) is 3.83. The van der Waals surface area contributed by atoms with E-state index >= 15 is 0 Å². The molecule has 1 aromatic carbocycles. The molecule has 1 aromatic rings. The smallest absolute Gasteiger partial charge is 0.306 e. The van der Waals surface area contributed by atoms with Gasteiger partial charge >= 0.3 is 5.97 Å². The Bertz CT molecular complexity index is 746. The van der Waals surface area contributed by atoms with Crippen LogP contribution in [0.1, 0.15) is 12.8 Å². The zero-order valence-electron chi connectivity index (χ0n) is 13.7. The number of carbonyl (C=O) groups is 2. The first-order valence-corrected chi connectivity index (χ1v) is 9.40. The number of sulfonamides is 1. The number of hydrogen-bond acceptors (Lipinski definition) is 6. The molecule has 1 amide bonds. The lowest BCUT2D eigenvalue weighted by molar-refractivity contribution is -0.141. The summed E-state index contributed by atoms with van der Waals surface area (Å²) in [5.41, 5.74) is 0.172. The number of esters is 1. The topological polar surface area (TPSA) is 102 Å². The average Bonchev–Trinajstić information content (AvgIpc) is 2.62. The first-order valence-electron chi connectivity index (χ1n) is 7.58. The van der Waals surface area contributed by atoms with E-state index in [0.717, 1.165) is 0 Å². The molecule has 25 heavy (non-hydrogen) atoms. The molecule has 0 unspecified atom stereocenters. The van der Waals surface area contributed by atoms with Crippen molar-refractivity contribution >= 4 is 39.2 Å². The van der Waals surface area contributed by atoms with Crippen molar-refractivity contribution < 1.29 is 27.5 Å². The Morgan fingerprint density at radius 3 is 2.60 bits per heavy atom. The zero-order chi connectivity index (χ0) is 18.4. The molecule has 0 spiro atoms. The molecule has 0 atom stereocenters. The van der Waals surface area contributed by atoms with Crippen LogP contribution in [-0.2, 0) is 29.1 Å². The number of nitrogens with zero attached hydrogens (tertiary/aromatic N) is 1. The molecule has 0 saturated carbocycles. The number of anilines is 1. The number of amides is 1. The van der Waals surface area contributed by atoms with Gasteiger partial charge in [-0.1, -0.05) is 11.6 Å². The maximum absolute atomic E-state index is 12.6. The molecule has 1 heterocycles. The molecule has 138 valence electrons. The highest BCUT2D eigenvalue weighted by molar-refractivity contribution is 7.89. The van der Waals surface area contributed by atoms with E-state index in [9.17, 15) is 18.0 Å². The summed E-state index contributed by atoms with van der Waals surface area (Å²) in [5.74, 6) is -0.974. The Kier molecular flexibility index (Phi) is 6.77. The second-order valence-corrected chi connectivity index (χ2v) is 7.63. The van der Waals surface area contributed by atoms with E-state index in [1.165, 1.54) is 29.6 Å².